The number of nitrogens with one attached hydrogen (secondary N) is 1. The Morgan fingerprint density at radius 2 is 1.74 bits per heavy atom. The van der Waals surface area contributed by atoms with Crippen LogP contribution < -0.4 is 9.62 Å². The Balaban J connectivity index is 1.29. The molecule has 6 nitrogen and oxygen atoms in total. The van der Waals surface area contributed by atoms with E-state index in [1.54, 1.807) is 0 Å². The maximum Gasteiger partial charge on any atom is 0.245 e. The fourth-order valence-corrected chi connectivity index (χ4v) is 6.15. The quantitative estimate of drug-likeness (QED) is 0.551. The molecule has 178 valence electrons. The van der Waals surface area contributed by atoms with Gasteiger partial charge in [-0.3, -0.25) is 0 Å². The number of benzene rings is 2. The molecule has 1 unspecified atom stereocenters. The lowest BCUT2D eigenvalue weighted by Gasteiger charge is -2.43. The Bertz CT molecular complexity index is 1110. The summed E-state index contributed by atoms with van der Waals surface area (Å²) in [6, 6.07) is 19.0. The fraction of sp³-hybridized carbons (Fsp3) is 0.444. The van der Waals surface area contributed by atoms with Crippen molar-refractivity contribution in [2.45, 2.75) is 57.2 Å². The van der Waals surface area contributed by atoms with Gasteiger partial charge in [0.2, 0.25) is 5.95 Å². The van der Waals surface area contributed by atoms with Crippen molar-refractivity contribution in [1.82, 2.24) is 19.9 Å². The van der Waals surface area contributed by atoms with Crippen LogP contribution in [0.4, 0.5) is 5.95 Å². The lowest BCUT2D eigenvalue weighted by molar-refractivity contribution is 0.175. The molecule has 2 heterocycles. The highest BCUT2D eigenvalue weighted by Crippen LogP contribution is 2.52. The average molecular weight is 476 g/mol. The van der Waals surface area contributed by atoms with E-state index in [-0.39, 0.29) is 16.2 Å². The summed E-state index contributed by atoms with van der Waals surface area (Å²) < 4.78 is 16.3. The molecule has 0 amide bonds. The van der Waals surface area contributed by atoms with Gasteiger partial charge >= 0.3 is 0 Å². The number of fused-ring (bicyclic) bond motifs is 1. The molecule has 2 atom stereocenters. The lowest BCUT2D eigenvalue weighted by atomic mass is 9.73. The van der Waals surface area contributed by atoms with Crippen molar-refractivity contribution in [3.8, 4) is 0 Å². The van der Waals surface area contributed by atoms with Crippen molar-refractivity contribution in [3.63, 3.8) is 0 Å². The normalized spacial score (nSPS) is 20.4. The Kier molecular flexibility index (Phi) is 6.35. The molecule has 2 aliphatic rings. The van der Waals surface area contributed by atoms with Crippen LogP contribution in [0, 0.1) is 5.41 Å². The summed E-state index contributed by atoms with van der Waals surface area (Å²) in [5.74, 6) is 0.699. The van der Waals surface area contributed by atoms with Gasteiger partial charge in [0.05, 0.1) is 17.9 Å². The standard InChI is InChI=1S/C27H33N5OS/c1-26(2,3)34(33)31-24-23-12-8-7-11-21(23)18-27(24)13-15-32(16-14-27)25-28-19-22(29-30-25)17-20-9-5-4-6-10-20/h4-12,19,24,31H,13-18H2,1-3H3/t24-,34?/m1/s1. The first-order valence-electron chi connectivity index (χ1n) is 12.1. The average Bonchev–Trinajstić information content (AvgIpc) is 3.13. The second-order valence-corrected chi connectivity index (χ2v) is 12.6. The summed E-state index contributed by atoms with van der Waals surface area (Å²) in [4.78, 5) is 6.88. The summed E-state index contributed by atoms with van der Waals surface area (Å²) in [5.41, 5.74) is 4.82. The Morgan fingerprint density at radius 1 is 1.03 bits per heavy atom. The van der Waals surface area contributed by atoms with Crippen LogP contribution in [0.5, 0.6) is 0 Å². The molecule has 0 radical (unpaired) electrons. The van der Waals surface area contributed by atoms with Crippen molar-refractivity contribution in [1.29, 1.82) is 0 Å². The first-order chi connectivity index (χ1) is 16.3. The van der Waals surface area contributed by atoms with E-state index in [1.165, 1.54) is 16.7 Å². The highest BCUT2D eigenvalue weighted by molar-refractivity contribution is 7.90. The number of aromatic nitrogens is 3. The molecule has 1 aliphatic carbocycles. The van der Waals surface area contributed by atoms with Gasteiger partial charge in [-0.15, -0.1) is 14.9 Å². The van der Waals surface area contributed by atoms with Gasteiger partial charge in [0, 0.05) is 36.3 Å². The zero-order valence-corrected chi connectivity index (χ0v) is 21.0. The van der Waals surface area contributed by atoms with Gasteiger partial charge < -0.3 is 9.45 Å². The molecule has 0 bridgehead atoms. The van der Waals surface area contributed by atoms with E-state index in [9.17, 15) is 4.55 Å². The van der Waals surface area contributed by atoms with Crippen molar-refractivity contribution >= 4 is 17.3 Å². The summed E-state index contributed by atoms with van der Waals surface area (Å²) >= 11 is -1.12. The number of rotatable bonds is 5. The van der Waals surface area contributed by atoms with Crippen LogP contribution in [-0.2, 0) is 24.2 Å². The van der Waals surface area contributed by atoms with Gasteiger partial charge in [0.1, 0.15) is 4.75 Å². The van der Waals surface area contributed by atoms with Crippen molar-refractivity contribution < 1.29 is 4.55 Å². The summed E-state index contributed by atoms with van der Waals surface area (Å²) in [6.45, 7) is 7.82. The van der Waals surface area contributed by atoms with Gasteiger partial charge in [-0.1, -0.05) is 54.6 Å². The molecule has 2 aromatic carbocycles. The molecule has 1 N–H and O–H groups in total. The minimum Gasteiger partial charge on any atom is -0.598 e. The second kappa shape index (κ2) is 9.29. The van der Waals surface area contributed by atoms with Crippen molar-refractivity contribution in [2.75, 3.05) is 18.0 Å². The van der Waals surface area contributed by atoms with E-state index in [4.69, 9.17) is 0 Å². The van der Waals surface area contributed by atoms with Crippen LogP contribution in [0.1, 0.15) is 62.0 Å². The first-order valence-corrected chi connectivity index (χ1v) is 13.2. The van der Waals surface area contributed by atoms with E-state index in [2.05, 4.69) is 61.2 Å². The van der Waals surface area contributed by atoms with E-state index in [0.717, 1.165) is 44.5 Å². The van der Waals surface area contributed by atoms with Crippen LogP contribution >= 0.6 is 0 Å². The van der Waals surface area contributed by atoms with E-state index < -0.39 is 11.4 Å². The van der Waals surface area contributed by atoms with Crippen LogP contribution in [0.3, 0.4) is 0 Å². The molecular weight excluding hydrogens is 442 g/mol. The number of nitrogens with zero attached hydrogens (tertiary/aromatic N) is 4. The van der Waals surface area contributed by atoms with Gasteiger partial charge in [-0.25, -0.2) is 4.98 Å². The van der Waals surface area contributed by atoms with Gasteiger partial charge in [0.25, 0.3) is 0 Å². The van der Waals surface area contributed by atoms with Crippen LogP contribution in [0.15, 0.2) is 60.8 Å². The topological polar surface area (TPSA) is 77.0 Å². The summed E-state index contributed by atoms with van der Waals surface area (Å²) in [7, 11) is 0. The molecule has 1 aliphatic heterocycles. The highest BCUT2D eigenvalue weighted by Gasteiger charge is 2.50. The Hall–Kier alpha value is -2.48. The predicted octanol–water partition coefficient (Wildman–Crippen LogP) is 4.40. The van der Waals surface area contributed by atoms with E-state index >= 15 is 0 Å². The maximum absolute atomic E-state index is 13.1. The summed E-state index contributed by atoms with van der Waals surface area (Å²) in [5, 5.41) is 8.90. The number of hydrogen-bond donors (Lipinski definition) is 1. The predicted molar refractivity (Wildman–Crippen MR) is 137 cm³/mol. The van der Waals surface area contributed by atoms with Gasteiger partial charge in [-0.2, -0.15) is 0 Å². The molecule has 1 spiro atoms. The minimum absolute atomic E-state index is 0.0573. The van der Waals surface area contributed by atoms with E-state index in [0.29, 0.717) is 5.95 Å². The monoisotopic (exact) mass is 475 g/mol. The molecule has 1 aromatic heterocycles. The third-order valence-electron chi connectivity index (χ3n) is 7.17. The zero-order chi connectivity index (χ0) is 23.8. The number of anilines is 1. The molecule has 7 heteroatoms. The molecule has 0 saturated carbocycles. The molecule has 5 rings (SSSR count). The Morgan fingerprint density at radius 3 is 2.41 bits per heavy atom. The minimum atomic E-state index is -1.12. The van der Waals surface area contributed by atoms with Crippen LogP contribution in [-0.4, -0.2) is 37.6 Å². The van der Waals surface area contributed by atoms with Crippen molar-refractivity contribution in [2.24, 2.45) is 5.41 Å². The van der Waals surface area contributed by atoms with Crippen LogP contribution in [0.2, 0.25) is 0 Å². The smallest absolute Gasteiger partial charge is 0.245 e. The van der Waals surface area contributed by atoms with Gasteiger partial charge in [0.15, 0.2) is 0 Å². The van der Waals surface area contributed by atoms with Crippen molar-refractivity contribution in [3.05, 3.63) is 83.2 Å². The largest absolute Gasteiger partial charge is 0.598 e. The molecule has 34 heavy (non-hydrogen) atoms. The van der Waals surface area contributed by atoms with E-state index in [1.807, 2.05) is 45.2 Å². The maximum atomic E-state index is 13.1. The lowest BCUT2D eigenvalue weighted by Crippen LogP contribution is -2.50. The molecule has 3 aromatic rings. The third kappa shape index (κ3) is 4.69. The third-order valence-corrected chi connectivity index (χ3v) is 8.73. The number of hydrogen-bond acceptors (Lipinski definition) is 6. The molecular formula is C27H33N5OS. The molecule has 1 saturated heterocycles. The first kappa shape index (κ1) is 23.3. The SMILES string of the molecule is CC(C)(C)[S+]([O-])N[C@@H]1c2ccccc2CC12CCN(c1ncc(Cc3ccccc3)nn1)CC2. The van der Waals surface area contributed by atoms with Crippen LogP contribution in [0.25, 0.3) is 0 Å². The Labute approximate surface area is 205 Å². The molecule has 1 fully saturated rings. The van der Waals surface area contributed by atoms with Gasteiger partial charge in [-0.05, 0) is 56.7 Å². The zero-order valence-electron chi connectivity index (χ0n) is 20.2. The highest BCUT2D eigenvalue weighted by atomic mass is 32.2. The second-order valence-electron chi connectivity index (χ2n) is 10.6. The summed E-state index contributed by atoms with van der Waals surface area (Å²) in [6.07, 6.45) is 5.60. The fourth-order valence-electron chi connectivity index (χ4n) is 5.20. The number of piperidine rings is 1.